The molecule has 0 N–H and O–H groups in total. The highest BCUT2D eigenvalue weighted by Gasteiger charge is 2.28. The average molecular weight is 279 g/mol. The molecule has 0 spiro atoms. The first kappa shape index (κ1) is 12.9. The van der Waals surface area contributed by atoms with Crippen molar-refractivity contribution in [3.63, 3.8) is 0 Å². The highest BCUT2D eigenvalue weighted by Crippen LogP contribution is 2.43. The quantitative estimate of drug-likeness (QED) is 0.714. The van der Waals surface area contributed by atoms with Crippen molar-refractivity contribution in [1.29, 1.82) is 0 Å². The maximum Gasteiger partial charge on any atom is 0.161 e. The molecule has 0 bridgehead atoms. The molecule has 102 valence electrons. The van der Waals surface area contributed by atoms with E-state index >= 15 is 0 Å². The minimum atomic E-state index is 0.118. The zero-order chi connectivity index (χ0) is 13.5. The molecule has 3 rings (SSSR count). The lowest BCUT2D eigenvalue weighted by Crippen LogP contribution is -2.21. The van der Waals surface area contributed by atoms with Crippen LogP contribution in [0.5, 0.6) is 11.5 Å². The van der Waals surface area contributed by atoms with Crippen molar-refractivity contribution in [2.24, 2.45) is 5.41 Å². The molecule has 0 radical (unpaired) electrons. The first-order valence-corrected chi connectivity index (χ1v) is 7.22. The van der Waals surface area contributed by atoms with E-state index in [1.54, 1.807) is 0 Å². The van der Waals surface area contributed by atoms with E-state index in [2.05, 4.69) is 32.1 Å². The lowest BCUT2D eigenvalue weighted by molar-refractivity contribution is 0.171. The van der Waals surface area contributed by atoms with Gasteiger partial charge in [-0.3, -0.25) is 0 Å². The van der Waals surface area contributed by atoms with Gasteiger partial charge in [0.1, 0.15) is 13.2 Å². The van der Waals surface area contributed by atoms with E-state index in [1.165, 1.54) is 11.1 Å². The molecule has 2 aliphatic rings. The molecule has 1 aliphatic heterocycles. The Morgan fingerprint density at radius 2 is 1.89 bits per heavy atom. The summed E-state index contributed by atoms with van der Waals surface area (Å²) >= 11 is 6.36. The normalized spacial score (nSPS) is 24.8. The van der Waals surface area contributed by atoms with E-state index in [0.717, 1.165) is 24.3 Å². The van der Waals surface area contributed by atoms with Crippen molar-refractivity contribution in [3.05, 3.63) is 29.8 Å². The molecule has 0 aromatic heterocycles. The number of ether oxygens (including phenoxy) is 2. The van der Waals surface area contributed by atoms with Crippen LogP contribution in [0.1, 0.15) is 32.3 Å². The van der Waals surface area contributed by atoms with E-state index in [-0.39, 0.29) is 10.8 Å². The number of allylic oxidation sites excluding steroid dienone is 2. The largest absolute Gasteiger partial charge is 0.486 e. The van der Waals surface area contributed by atoms with E-state index in [1.807, 2.05) is 6.07 Å². The van der Waals surface area contributed by atoms with Crippen LogP contribution in [0, 0.1) is 5.41 Å². The van der Waals surface area contributed by atoms with Crippen molar-refractivity contribution in [1.82, 2.24) is 0 Å². The molecule has 1 heterocycles. The molecule has 0 saturated heterocycles. The summed E-state index contributed by atoms with van der Waals surface area (Å²) in [5.41, 5.74) is 2.76. The van der Waals surface area contributed by atoms with Crippen LogP contribution in [-0.2, 0) is 0 Å². The Balaban J connectivity index is 1.94. The van der Waals surface area contributed by atoms with Gasteiger partial charge >= 0.3 is 0 Å². The van der Waals surface area contributed by atoms with Crippen LogP contribution >= 0.6 is 11.6 Å². The highest BCUT2D eigenvalue weighted by atomic mass is 35.5. The Kier molecular flexibility index (Phi) is 3.22. The Bertz CT molecular complexity index is 519. The van der Waals surface area contributed by atoms with E-state index < -0.39 is 0 Å². The predicted molar refractivity (Wildman–Crippen MR) is 78.1 cm³/mol. The minimum Gasteiger partial charge on any atom is -0.486 e. The second-order valence-electron chi connectivity index (χ2n) is 6.11. The van der Waals surface area contributed by atoms with Crippen LogP contribution in [0.3, 0.4) is 0 Å². The summed E-state index contributed by atoms with van der Waals surface area (Å²) in [6.45, 7) is 5.80. The Labute approximate surface area is 119 Å². The molecule has 19 heavy (non-hydrogen) atoms. The van der Waals surface area contributed by atoms with Gasteiger partial charge in [-0.15, -0.1) is 11.6 Å². The fourth-order valence-electron chi connectivity index (χ4n) is 2.89. The summed E-state index contributed by atoms with van der Waals surface area (Å²) < 4.78 is 11.2. The van der Waals surface area contributed by atoms with E-state index in [4.69, 9.17) is 21.1 Å². The third-order valence-corrected chi connectivity index (χ3v) is 3.99. The van der Waals surface area contributed by atoms with Crippen molar-refractivity contribution < 1.29 is 9.47 Å². The molecule has 1 atom stereocenters. The summed E-state index contributed by atoms with van der Waals surface area (Å²) in [4.78, 5) is 0. The van der Waals surface area contributed by atoms with Crippen molar-refractivity contribution in [2.45, 2.75) is 32.1 Å². The molecule has 3 heteroatoms. The number of alkyl halides is 1. The van der Waals surface area contributed by atoms with Crippen LogP contribution in [0.4, 0.5) is 0 Å². The minimum absolute atomic E-state index is 0.118. The number of halogens is 1. The van der Waals surface area contributed by atoms with Gasteiger partial charge in [0.15, 0.2) is 11.5 Å². The molecule has 2 nitrogen and oxygen atoms in total. The lowest BCUT2D eigenvalue weighted by Gasteiger charge is -2.32. The van der Waals surface area contributed by atoms with Crippen molar-refractivity contribution in [2.75, 3.05) is 13.2 Å². The number of hydrogen-bond acceptors (Lipinski definition) is 2. The topological polar surface area (TPSA) is 18.5 Å². The van der Waals surface area contributed by atoms with E-state index in [0.29, 0.717) is 13.2 Å². The van der Waals surface area contributed by atoms with Gasteiger partial charge in [0.05, 0.1) is 5.38 Å². The fourth-order valence-corrected chi connectivity index (χ4v) is 3.46. The van der Waals surface area contributed by atoms with Crippen LogP contribution in [0.25, 0.3) is 5.57 Å². The van der Waals surface area contributed by atoms with Gasteiger partial charge in [0.2, 0.25) is 0 Å². The second-order valence-corrected chi connectivity index (χ2v) is 6.67. The van der Waals surface area contributed by atoms with Gasteiger partial charge in [0, 0.05) is 0 Å². The summed E-state index contributed by atoms with van der Waals surface area (Å²) in [5, 5.41) is 0.118. The smallest absolute Gasteiger partial charge is 0.161 e. The third-order valence-electron chi connectivity index (χ3n) is 3.71. The monoisotopic (exact) mass is 278 g/mol. The summed E-state index contributed by atoms with van der Waals surface area (Å²) in [6, 6.07) is 6.17. The van der Waals surface area contributed by atoms with Crippen LogP contribution in [0.2, 0.25) is 0 Å². The summed E-state index contributed by atoms with van der Waals surface area (Å²) in [7, 11) is 0. The molecule has 1 aromatic carbocycles. The Morgan fingerprint density at radius 1 is 1.16 bits per heavy atom. The van der Waals surface area contributed by atoms with Crippen molar-refractivity contribution >= 4 is 17.2 Å². The maximum atomic E-state index is 6.36. The first-order valence-electron chi connectivity index (χ1n) is 6.78. The number of hydrogen-bond donors (Lipinski definition) is 0. The molecule has 1 aromatic rings. The molecular weight excluding hydrogens is 260 g/mol. The molecule has 1 aliphatic carbocycles. The van der Waals surface area contributed by atoms with E-state index in [9.17, 15) is 0 Å². The SMILES string of the molecule is CC1(C)CC(c2ccc3c(c2)OCCO3)=CC(Cl)C1. The first-order chi connectivity index (χ1) is 9.03. The van der Waals surface area contributed by atoms with Crippen LogP contribution < -0.4 is 9.47 Å². The molecule has 0 amide bonds. The Hall–Kier alpha value is -1.15. The van der Waals surface area contributed by atoms with Gasteiger partial charge in [-0.2, -0.15) is 0 Å². The molecular formula is C16H19ClO2. The number of benzene rings is 1. The molecule has 0 fully saturated rings. The van der Waals surface area contributed by atoms with Crippen molar-refractivity contribution in [3.8, 4) is 11.5 Å². The van der Waals surface area contributed by atoms with Gasteiger partial charge < -0.3 is 9.47 Å². The highest BCUT2D eigenvalue weighted by molar-refractivity contribution is 6.22. The third kappa shape index (κ3) is 2.74. The summed E-state index contributed by atoms with van der Waals surface area (Å²) in [6.07, 6.45) is 4.26. The summed E-state index contributed by atoms with van der Waals surface area (Å²) in [5.74, 6) is 1.69. The fraction of sp³-hybridized carbons (Fsp3) is 0.500. The standard InChI is InChI=1S/C16H19ClO2/c1-16(2)9-12(7-13(17)10-16)11-3-4-14-15(8-11)19-6-5-18-14/h3-4,7-8,13H,5-6,9-10H2,1-2H3. The molecule has 1 unspecified atom stereocenters. The molecule has 0 saturated carbocycles. The number of fused-ring (bicyclic) bond motifs is 1. The van der Waals surface area contributed by atoms with Gasteiger partial charge in [-0.05, 0) is 41.5 Å². The predicted octanol–water partition coefficient (Wildman–Crippen LogP) is 4.27. The zero-order valence-corrected chi connectivity index (χ0v) is 12.2. The average Bonchev–Trinajstić information content (AvgIpc) is 2.36. The van der Waals surface area contributed by atoms with Gasteiger partial charge in [-0.25, -0.2) is 0 Å². The van der Waals surface area contributed by atoms with Gasteiger partial charge in [0.25, 0.3) is 0 Å². The van der Waals surface area contributed by atoms with Crippen LogP contribution in [0.15, 0.2) is 24.3 Å². The van der Waals surface area contributed by atoms with Crippen LogP contribution in [-0.4, -0.2) is 18.6 Å². The Morgan fingerprint density at radius 3 is 2.63 bits per heavy atom. The number of rotatable bonds is 1. The van der Waals surface area contributed by atoms with Gasteiger partial charge in [-0.1, -0.05) is 26.0 Å². The lowest BCUT2D eigenvalue weighted by atomic mass is 9.75. The second kappa shape index (κ2) is 4.75. The zero-order valence-electron chi connectivity index (χ0n) is 11.4. The maximum absolute atomic E-state index is 6.36.